The van der Waals surface area contributed by atoms with E-state index in [0.717, 1.165) is 29.8 Å². The molecule has 0 radical (unpaired) electrons. The highest BCUT2D eigenvalue weighted by Gasteiger charge is 2.42. The summed E-state index contributed by atoms with van der Waals surface area (Å²) in [4.78, 5) is 2.83. The highest BCUT2D eigenvalue weighted by Crippen LogP contribution is 2.46. The van der Waals surface area contributed by atoms with Crippen LogP contribution in [0.15, 0.2) is 0 Å². The monoisotopic (exact) mass is 236 g/mol. The highest BCUT2D eigenvalue weighted by atomic mass is 15.2. The Morgan fingerprint density at radius 1 is 1.24 bits per heavy atom. The maximum atomic E-state index is 3.71. The molecule has 1 aliphatic heterocycles. The minimum Gasteiger partial charge on any atom is -0.311 e. The molecule has 3 rings (SSSR count). The first-order valence-corrected chi connectivity index (χ1v) is 7.70. The molecule has 4 unspecified atom stereocenters. The number of fused-ring (bicyclic) bond motifs is 2. The summed E-state index contributed by atoms with van der Waals surface area (Å²) in [7, 11) is 0. The van der Waals surface area contributed by atoms with E-state index in [-0.39, 0.29) is 0 Å². The number of rotatable bonds is 3. The zero-order valence-corrected chi connectivity index (χ0v) is 11.5. The Labute approximate surface area is 106 Å². The van der Waals surface area contributed by atoms with Gasteiger partial charge in [0.1, 0.15) is 0 Å². The van der Waals surface area contributed by atoms with Gasteiger partial charge in [-0.05, 0) is 43.4 Å². The second-order valence-electron chi connectivity index (χ2n) is 7.02. The van der Waals surface area contributed by atoms with Crippen molar-refractivity contribution in [3.8, 4) is 0 Å². The zero-order valence-electron chi connectivity index (χ0n) is 11.5. The molecule has 1 heterocycles. The van der Waals surface area contributed by atoms with Crippen LogP contribution in [-0.4, -0.2) is 36.6 Å². The van der Waals surface area contributed by atoms with Gasteiger partial charge >= 0.3 is 0 Å². The lowest BCUT2D eigenvalue weighted by Crippen LogP contribution is -2.55. The van der Waals surface area contributed by atoms with Crippen LogP contribution >= 0.6 is 0 Å². The molecule has 2 nitrogen and oxygen atoms in total. The minimum absolute atomic E-state index is 0.753. The van der Waals surface area contributed by atoms with Crippen molar-refractivity contribution in [1.29, 1.82) is 0 Å². The fourth-order valence-electron chi connectivity index (χ4n) is 4.54. The molecule has 0 spiro atoms. The van der Waals surface area contributed by atoms with E-state index < -0.39 is 0 Å². The SMILES string of the molecule is CC(C)CC1CN(C2CC3CCC2C3)CCN1. The maximum Gasteiger partial charge on any atom is 0.0198 e. The van der Waals surface area contributed by atoms with Crippen LogP contribution in [0.1, 0.15) is 46.0 Å². The third-order valence-electron chi connectivity index (χ3n) is 5.21. The molecular formula is C15H28N2. The Bertz CT molecular complexity index is 264. The Hall–Kier alpha value is -0.0800. The van der Waals surface area contributed by atoms with Crippen LogP contribution in [0.4, 0.5) is 0 Å². The van der Waals surface area contributed by atoms with Crippen LogP contribution in [0.3, 0.4) is 0 Å². The van der Waals surface area contributed by atoms with Crippen molar-refractivity contribution in [3.63, 3.8) is 0 Å². The molecule has 1 N–H and O–H groups in total. The second kappa shape index (κ2) is 4.89. The van der Waals surface area contributed by atoms with Crippen LogP contribution in [0.2, 0.25) is 0 Å². The van der Waals surface area contributed by atoms with E-state index in [1.165, 1.54) is 45.3 Å². The van der Waals surface area contributed by atoms with Crippen molar-refractivity contribution in [3.05, 3.63) is 0 Å². The van der Waals surface area contributed by atoms with Gasteiger partial charge in [-0.3, -0.25) is 4.90 Å². The summed E-state index contributed by atoms with van der Waals surface area (Å²) in [5.74, 6) is 2.97. The fourth-order valence-corrected chi connectivity index (χ4v) is 4.54. The van der Waals surface area contributed by atoms with E-state index in [1.54, 1.807) is 6.42 Å². The van der Waals surface area contributed by atoms with Gasteiger partial charge in [0.05, 0.1) is 0 Å². The van der Waals surface area contributed by atoms with Crippen LogP contribution in [0.5, 0.6) is 0 Å². The lowest BCUT2D eigenvalue weighted by molar-refractivity contribution is 0.0990. The third-order valence-corrected chi connectivity index (χ3v) is 5.21. The van der Waals surface area contributed by atoms with Gasteiger partial charge in [-0.2, -0.15) is 0 Å². The Kier molecular flexibility index (Phi) is 3.45. The van der Waals surface area contributed by atoms with Gasteiger partial charge in [0.25, 0.3) is 0 Å². The molecule has 3 fully saturated rings. The molecule has 0 aromatic carbocycles. The van der Waals surface area contributed by atoms with E-state index in [2.05, 4.69) is 24.1 Å². The fraction of sp³-hybridized carbons (Fsp3) is 1.00. The number of nitrogens with one attached hydrogen (secondary N) is 1. The first-order valence-electron chi connectivity index (χ1n) is 7.70. The summed E-state index contributed by atoms with van der Waals surface area (Å²) >= 11 is 0. The van der Waals surface area contributed by atoms with Gasteiger partial charge in [-0.15, -0.1) is 0 Å². The van der Waals surface area contributed by atoms with E-state index in [1.807, 2.05) is 0 Å². The van der Waals surface area contributed by atoms with Crippen molar-refractivity contribution >= 4 is 0 Å². The summed E-state index contributed by atoms with van der Waals surface area (Å²) in [5.41, 5.74) is 0. The van der Waals surface area contributed by atoms with E-state index in [4.69, 9.17) is 0 Å². The zero-order chi connectivity index (χ0) is 11.8. The summed E-state index contributed by atoms with van der Waals surface area (Å²) in [6.45, 7) is 8.51. The van der Waals surface area contributed by atoms with Gasteiger partial charge in [0, 0.05) is 31.7 Å². The van der Waals surface area contributed by atoms with Crippen LogP contribution in [0.25, 0.3) is 0 Å². The quantitative estimate of drug-likeness (QED) is 0.810. The van der Waals surface area contributed by atoms with Gasteiger partial charge in [-0.25, -0.2) is 0 Å². The molecular weight excluding hydrogens is 208 g/mol. The highest BCUT2D eigenvalue weighted by molar-refractivity contribution is 4.97. The van der Waals surface area contributed by atoms with Gasteiger partial charge < -0.3 is 5.32 Å². The van der Waals surface area contributed by atoms with E-state index in [9.17, 15) is 0 Å². The minimum atomic E-state index is 0.753. The first kappa shape index (κ1) is 12.0. The lowest BCUT2D eigenvalue weighted by atomic mass is 9.92. The molecule has 2 heteroatoms. The Morgan fingerprint density at radius 3 is 2.76 bits per heavy atom. The van der Waals surface area contributed by atoms with Crippen molar-refractivity contribution < 1.29 is 0 Å². The summed E-state index contributed by atoms with van der Waals surface area (Å²) in [5, 5.41) is 3.71. The predicted octanol–water partition coefficient (Wildman–Crippen LogP) is 2.49. The molecule has 17 heavy (non-hydrogen) atoms. The molecule has 0 aromatic heterocycles. The second-order valence-corrected chi connectivity index (χ2v) is 7.02. The first-order chi connectivity index (χ1) is 8.22. The molecule has 2 bridgehead atoms. The van der Waals surface area contributed by atoms with Gasteiger partial charge in [0.15, 0.2) is 0 Å². The molecule has 2 aliphatic carbocycles. The number of nitrogens with zero attached hydrogens (tertiary/aromatic N) is 1. The predicted molar refractivity (Wildman–Crippen MR) is 72.1 cm³/mol. The topological polar surface area (TPSA) is 15.3 Å². The Morgan fingerprint density at radius 2 is 2.12 bits per heavy atom. The molecule has 4 atom stereocenters. The van der Waals surface area contributed by atoms with Gasteiger partial charge in [-0.1, -0.05) is 20.3 Å². The molecule has 3 aliphatic rings. The Balaban J connectivity index is 1.56. The normalized spacial score (nSPS) is 42.5. The van der Waals surface area contributed by atoms with Crippen molar-refractivity contribution in [2.75, 3.05) is 19.6 Å². The van der Waals surface area contributed by atoms with Gasteiger partial charge in [0.2, 0.25) is 0 Å². The summed E-state index contributed by atoms with van der Waals surface area (Å²) in [6, 6.07) is 1.70. The molecule has 98 valence electrons. The molecule has 0 amide bonds. The summed E-state index contributed by atoms with van der Waals surface area (Å²) in [6.07, 6.45) is 7.45. The average Bonchev–Trinajstić information content (AvgIpc) is 2.90. The maximum absolute atomic E-state index is 3.71. The summed E-state index contributed by atoms with van der Waals surface area (Å²) < 4.78 is 0. The number of hydrogen-bond donors (Lipinski definition) is 1. The van der Waals surface area contributed by atoms with Crippen molar-refractivity contribution in [2.45, 2.75) is 58.0 Å². The number of hydrogen-bond acceptors (Lipinski definition) is 2. The number of piperazine rings is 1. The average molecular weight is 236 g/mol. The van der Waals surface area contributed by atoms with Crippen LogP contribution in [-0.2, 0) is 0 Å². The largest absolute Gasteiger partial charge is 0.311 e. The molecule has 0 aromatic rings. The standard InChI is InChI=1S/C15H28N2/c1-11(2)7-14-10-17(6-5-16-14)15-9-12-3-4-13(15)8-12/h11-16H,3-10H2,1-2H3. The molecule has 2 saturated carbocycles. The molecule has 1 saturated heterocycles. The van der Waals surface area contributed by atoms with E-state index in [0.29, 0.717) is 0 Å². The smallest absolute Gasteiger partial charge is 0.0198 e. The lowest BCUT2D eigenvalue weighted by Gasteiger charge is -2.41. The third kappa shape index (κ3) is 2.53. The van der Waals surface area contributed by atoms with Crippen molar-refractivity contribution in [2.24, 2.45) is 17.8 Å². The van der Waals surface area contributed by atoms with E-state index >= 15 is 0 Å². The van der Waals surface area contributed by atoms with Crippen LogP contribution < -0.4 is 5.32 Å². The van der Waals surface area contributed by atoms with Crippen LogP contribution in [0, 0.1) is 17.8 Å². The van der Waals surface area contributed by atoms with Crippen molar-refractivity contribution in [1.82, 2.24) is 10.2 Å².